The molecule has 0 saturated carbocycles. The average molecular weight is 551 g/mol. The quantitative estimate of drug-likeness (QED) is 0.315. The van der Waals surface area contributed by atoms with Crippen molar-refractivity contribution < 1.29 is 46.3 Å². The van der Waals surface area contributed by atoms with Gasteiger partial charge >= 0.3 is 25.8 Å². The molecule has 0 amide bonds. The summed E-state index contributed by atoms with van der Waals surface area (Å²) in [6.07, 6.45) is 0. The molecule has 4 aromatic rings. The van der Waals surface area contributed by atoms with Crippen molar-refractivity contribution in [3.05, 3.63) is 121 Å². The first-order chi connectivity index (χ1) is 13.6. The van der Waals surface area contributed by atoms with Gasteiger partial charge in [0.2, 0.25) is 0 Å². The van der Waals surface area contributed by atoms with Gasteiger partial charge in [-0.2, -0.15) is 0 Å². The second kappa shape index (κ2) is 17.1. The van der Waals surface area contributed by atoms with E-state index in [1.54, 1.807) is 48.5 Å². The van der Waals surface area contributed by atoms with Gasteiger partial charge in [0.15, 0.2) is 0 Å². The van der Waals surface area contributed by atoms with Crippen LogP contribution in [0.1, 0.15) is 0 Å². The summed E-state index contributed by atoms with van der Waals surface area (Å²) in [4.78, 5) is 0. The van der Waals surface area contributed by atoms with Crippen LogP contribution in [0.25, 0.3) is 0 Å². The SMILES string of the molecule is [Hf+4].[O-]c1ccccc1.[O-]c1ccccc1.[O-]c1ccccc1.[O-]c1ccccc1. The fourth-order valence-electron chi connectivity index (χ4n) is 1.68. The molecule has 0 radical (unpaired) electrons. The molecule has 0 aliphatic heterocycles. The van der Waals surface area contributed by atoms with E-state index in [9.17, 15) is 20.4 Å². The number of hydrogen-bond donors (Lipinski definition) is 0. The van der Waals surface area contributed by atoms with Crippen LogP contribution in [-0.2, 0) is 25.8 Å². The summed E-state index contributed by atoms with van der Waals surface area (Å²) in [6, 6.07) is 33.3. The maximum absolute atomic E-state index is 10.3. The summed E-state index contributed by atoms with van der Waals surface area (Å²) < 4.78 is 0. The number of hydrogen-bond acceptors (Lipinski definition) is 4. The van der Waals surface area contributed by atoms with E-state index in [0.29, 0.717) is 0 Å². The van der Waals surface area contributed by atoms with Crippen LogP contribution in [0.2, 0.25) is 0 Å². The van der Waals surface area contributed by atoms with Gasteiger partial charge < -0.3 is 20.4 Å². The molecule has 0 heterocycles. The van der Waals surface area contributed by atoms with Crippen molar-refractivity contribution in [2.45, 2.75) is 0 Å². The van der Waals surface area contributed by atoms with Crippen LogP contribution in [0.15, 0.2) is 121 Å². The molecule has 0 unspecified atom stereocenters. The first-order valence-electron chi connectivity index (χ1n) is 8.46. The molecule has 0 N–H and O–H groups in total. The Morgan fingerprint density at radius 1 is 0.276 bits per heavy atom. The third-order valence-corrected chi connectivity index (χ3v) is 2.97. The zero-order chi connectivity index (χ0) is 20.5. The van der Waals surface area contributed by atoms with Gasteiger partial charge in [0.1, 0.15) is 0 Å². The number of para-hydroxylation sites is 4. The second-order valence-corrected chi connectivity index (χ2v) is 5.25. The largest absolute Gasteiger partial charge is 4.00 e. The topological polar surface area (TPSA) is 92.2 Å². The van der Waals surface area contributed by atoms with Crippen LogP contribution in [0.4, 0.5) is 0 Å². The van der Waals surface area contributed by atoms with Crippen LogP contribution in [0.3, 0.4) is 0 Å². The van der Waals surface area contributed by atoms with Gasteiger partial charge in [-0.15, -0.1) is 23.0 Å². The Kier molecular flexibility index (Phi) is 15.3. The molecule has 0 saturated heterocycles. The van der Waals surface area contributed by atoms with Crippen molar-refractivity contribution in [3.8, 4) is 23.0 Å². The molecule has 0 spiro atoms. The molecule has 0 aromatic heterocycles. The normalized spacial score (nSPS) is 8.28. The number of benzene rings is 4. The maximum Gasteiger partial charge on any atom is 4.00 e. The molecule has 4 rings (SSSR count). The minimum Gasteiger partial charge on any atom is -0.872 e. The second-order valence-electron chi connectivity index (χ2n) is 5.25. The van der Waals surface area contributed by atoms with E-state index in [1.807, 2.05) is 24.3 Å². The van der Waals surface area contributed by atoms with Gasteiger partial charge in [-0.05, 0) is 0 Å². The monoisotopic (exact) mass is 552 g/mol. The average Bonchev–Trinajstić information content (AvgIpc) is 2.72. The van der Waals surface area contributed by atoms with E-state index in [1.165, 1.54) is 48.5 Å². The third-order valence-electron chi connectivity index (χ3n) is 2.97. The van der Waals surface area contributed by atoms with Crippen molar-refractivity contribution in [3.63, 3.8) is 0 Å². The van der Waals surface area contributed by atoms with Crippen molar-refractivity contribution in [1.82, 2.24) is 0 Å². The zero-order valence-corrected chi connectivity index (χ0v) is 19.3. The smallest absolute Gasteiger partial charge is 0.872 e. The van der Waals surface area contributed by atoms with E-state index >= 15 is 0 Å². The molecule has 4 nitrogen and oxygen atoms in total. The van der Waals surface area contributed by atoms with Crippen LogP contribution < -0.4 is 20.4 Å². The van der Waals surface area contributed by atoms with Gasteiger partial charge in [0.05, 0.1) is 0 Å². The van der Waals surface area contributed by atoms with Gasteiger partial charge in [-0.1, -0.05) is 121 Å². The Morgan fingerprint density at radius 2 is 0.414 bits per heavy atom. The predicted octanol–water partition coefficient (Wildman–Crippen LogP) is 3.04. The Hall–Kier alpha value is -3.05. The van der Waals surface area contributed by atoms with Crippen molar-refractivity contribution >= 4 is 0 Å². The summed E-state index contributed by atoms with van der Waals surface area (Å²) in [5.41, 5.74) is 0. The van der Waals surface area contributed by atoms with Gasteiger partial charge in [0, 0.05) is 0 Å². The first kappa shape index (κ1) is 26.0. The first-order valence-corrected chi connectivity index (χ1v) is 8.46. The summed E-state index contributed by atoms with van der Waals surface area (Å²) in [6.45, 7) is 0. The Bertz CT molecular complexity index is 693. The Balaban J connectivity index is 0.000000356. The van der Waals surface area contributed by atoms with Gasteiger partial charge in [-0.3, -0.25) is 0 Å². The molecular formula is C24H20HfO4. The van der Waals surface area contributed by atoms with Crippen LogP contribution in [0.5, 0.6) is 23.0 Å². The standard InChI is InChI=1S/4C6H6O.Hf/c4*7-6-4-2-1-3-5-6;/h4*1-5,7H;/q;;;;+4/p-4. The minimum absolute atomic E-state index is 0. The number of rotatable bonds is 0. The molecule has 0 fully saturated rings. The van der Waals surface area contributed by atoms with Crippen molar-refractivity contribution in [2.75, 3.05) is 0 Å². The summed E-state index contributed by atoms with van der Waals surface area (Å²) in [5, 5.41) is 41.1. The van der Waals surface area contributed by atoms with Crippen molar-refractivity contribution in [2.24, 2.45) is 0 Å². The maximum atomic E-state index is 10.3. The molecule has 0 aliphatic rings. The van der Waals surface area contributed by atoms with Gasteiger partial charge in [-0.25, -0.2) is 0 Å². The van der Waals surface area contributed by atoms with Crippen LogP contribution in [0, 0.1) is 0 Å². The fourth-order valence-corrected chi connectivity index (χ4v) is 1.68. The van der Waals surface area contributed by atoms with Crippen molar-refractivity contribution in [1.29, 1.82) is 0 Å². The van der Waals surface area contributed by atoms with E-state index in [0.717, 1.165) is 0 Å². The minimum atomic E-state index is 0. The molecule has 5 heteroatoms. The molecule has 4 aromatic carbocycles. The van der Waals surface area contributed by atoms with E-state index < -0.39 is 0 Å². The van der Waals surface area contributed by atoms with E-state index in [2.05, 4.69) is 0 Å². The fraction of sp³-hybridized carbons (Fsp3) is 0. The van der Waals surface area contributed by atoms with Crippen LogP contribution >= 0.6 is 0 Å². The van der Waals surface area contributed by atoms with Crippen LogP contribution in [-0.4, -0.2) is 0 Å². The Morgan fingerprint density at radius 3 is 0.483 bits per heavy atom. The third kappa shape index (κ3) is 15.7. The van der Waals surface area contributed by atoms with Gasteiger partial charge in [0.25, 0.3) is 0 Å². The molecular weight excluding hydrogens is 531 g/mol. The molecule has 0 atom stereocenters. The molecule has 29 heavy (non-hydrogen) atoms. The zero-order valence-electron chi connectivity index (χ0n) is 15.7. The summed E-state index contributed by atoms with van der Waals surface area (Å²) in [5.74, 6) is 0.287. The summed E-state index contributed by atoms with van der Waals surface area (Å²) >= 11 is 0. The summed E-state index contributed by atoms with van der Waals surface area (Å²) in [7, 11) is 0. The Labute approximate surface area is 190 Å². The van der Waals surface area contributed by atoms with E-state index in [-0.39, 0.29) is 48.8 Å². The molecule has 0 aliphatic carbocycles. The molecule has 0 bridgehead atoms. The van der Waals surface area contributed by atoms with E-state index in [4.69, 9.17) is 0 Å². The molecule has 144 valence electrons. The predicted molar refractivity (Wildman–Crippen MR) is 104 cm³/mol.